The molecule has 33 heavy (non-hydrogen) atoms. The van der Waals surface area contributed by atoms with E-state index in [9.17, 15) is 4.79 Å². The summed E-state index contributed by atoms with van der Waals surface area (Å²) in [6.07, 6.45) is 1.78. The van der Waals surface area contributed by atoms with Crippen molar-refractivity contribution in [3.63, 3.8) is 0 Å². The van der Waals surface area contributed by atoms with E-state index in [1.807, 2.05) is 67.7 Å². The molecule has 4 aromatic rings. The van der Waals surface area contributed by atoms with Crippen LogP contribution >= 0.6 is 23.5 Å². The van der Waals surface area contributed by atoms with Gasteiger partial charge in [-0.2, -0.15) is 5.10 Å². The molecule has 162 valence electrons. The van der Waals surface area contributed by atoms with E-state index in [4.69, 9.17) is 4.99 Å². The molecule has 0 atom stereocenters. The Bertz CT molecular complexity index is 1440. The average molecular weight is 470 g/mol. The number of H-pyrrole nitrogens is 1. The normalized spacial score (nSPS) is 19.2. The van der Waals surface area contributed by atoms with Crippen molar-refractivity contribution in [2.75, 3.05) is 11.9 Å². The van der Waals surface area contributed by atoms with Crippen molar-refractivity contribution in [1.82, 2.24) is 15.1 Å². The minimum Gasteiger partial charge on any atom is -0.337 e. The van der Waals surface area contributed by atoms with Crippen molar-refractivity contribution >= 4 is 56.9 Å². The first-order chi connectivity index (χ1) is 16.2. The Morgan fingerprint density at radius 2 is 1.82 bits per heavy atom. The fourth-order valence-electron chi connectivity index (χ4n) is 3.93. The Kier molecular flexibility index (Phi) is 4.96. The number of benzene rings is 3. The molecule has 0 aliphatic carbocycles. The second-order valence-corrected chi connectivity index (χ2v) is 9.79. The van der Waals surface area contributed by atoms with Crippen LogP contribution in [-0.2, 0) is 11.3 Å². The number of nitrogens with one attached hydrogen (secondary N) is 1. The van der Waals surface area contributed by atoms with Crippen LogP contribution in [0.15, 0.2) is 98.8 Å². The lowest BCUT2D eigenvalue weighted by Crippen LogP contribution is -2.29. The Balaban J connectivity index is 1.42. The lowest BCUT2D eigenvalue weighted by Gasteiger charge is -2.16. The highest BCUT2D eigenvalue weighted by Crippen LogP contribution is 2.50. The maximum absolute atomic E-state index is 13.7. The summed E-state index contributed by atoms with van der Waals surface area (Å²) in [4.78, 5) is 24.3. The molecule has 0 bridgehead atoms. The molecular formula is C25H19N5OS2. The third kappa shape index (κ3) is 3.61. The first-order valence-electron chi connectivity index (χ1n) is 10.5. The minimum absolute atomic E-state index is 0.0193. The topological polar surface area (TPSA) is 64.6 Å². The van der Waals surface area contributed by atoms with Crippen LogP contribution in [0.1, 0.15) is 5.56 Å². The van der Waals surface area contributed by atoms with Crippen molar-refractivity contribution in [2.45, 2.75) is 11.4 Å². The third-order valence-corrected chi connectivity index (χ3v) is 8.06. The second-order valence-electron chi connectivity index (χ2n) is 7.78. The van der Waals surface area contributed by atoms with E-state index in [0.29, 0.717) is 16.6 Å². The summed E-state index contributed by atoms with van der Waals surface area (Å²) in [6.45, 7) is 0.470. The molecular weight excluding hydrogens is 450 g/mol. The second kappa shape index (κ2) is 8.13. The molecule has 1 N–H and O–H groups in total. The Morgan fingerprint density at radius 1 is 1.00 bits per heavy atom. The number of amidine groups is 1. The maximum atomic E-state index is 13.7. The average Bonchev–Trinajstić information content (AvgIpc) is 3.52. The monoisotopic (exact) mass is 469 g/mol. The van der Waals surface area contributed by atoms with E-state index in [-0.39, 0.29) is 5.91 Å². The van der Waals surface area contributed by atoms with Gasteiger partial charge in [0.05, 0.1) is 34.7 Å². The zero-order valence-electron chi connectivity index (χ0n) is 17.7. The standard InChI is InChI=1S/C25H19N5OS2/c1-29-20-9-5-6-10-21(20)32-24(29)22-23(31)30(15-16-7-3-2-4-8-16)25(33-22)27-18-11-12-19-17(13-18)14-26-28-19/h2-14H,15H2,1H3,(H,26,28)/b24-22+,27-25?. The maximum Gasteiger partial charge on any atom is 0.269 e. The summed E-state index contributed by atoms with van der Waals surface area (Å²) < 4.78 is 0. The summed E-state index contributed by atoms with van der Waals surface area (Å²) in [5.74, 6) is -0.0193. The van der Waals surface area contributed by atoms with Crippen molar-refractivity contribution in [3.05, 3.63) is 94.5 Å². The molecule has 6 rings (SSSR count). The Hall–Kier alpha value is -3.49. The van der Waals surface area contributed by atoms with Gasteiger partial charge in [0.1, 0.15) is 4.91 Å². The molecule has 1 amide bonds. The predicted molar refractivity (Wildman–Crippen MR) is 135 cm³/mol. The fourth-order valence-corrected chi connectivity index (χ4v) is 6.28. The number of rotatable bonds is 3. The van der Waals surface area contributed by atoms with Gasteiger partial charge in [0, 0.05) is 17.3 Å². The zero-order valence-corrected chi connectivity index (χ0v) is 19.4. The van der Waals surface area contributed by atoms with Gasteiger partial charge in [-0.3, -0.25) is 14.8 Å². The van der Waals surface area contributed by atoms with Gasteiger partial charge in [-0.1, -0.05) is 54.2 Å². The molecule has 0 radical (unpaired) electrons. The largest absolute Gasteiger partial charge is 0.337 e. The van der Waals surface area contributed by atoms with Gasteiger partial charge in [-0.25, -0.2) is 4.99 Å². The number of amides is 1. The number of carbonyl (C=O) groups excluding carboxylic acids is 1. The summed E-state index contributed by atoms with van der Waals surface area (Å²) in [7, 11) is 2.01. The van der Waals surface area contributed by atoms with Crippen molar-refractivity contribution < 1.29 is 4.79 Å². The number of anilines is 1. The Labute approximate surface area is 199 Å². The quantitative estimate of drug-likeness (QED) is 0.388. The molecule has 0 unspecified atom stereocenters. The van der Waals surface area contributed by atoms with Gasteiger partial charge in [-0.15, -0.1) is 0 Å². The van der Waals surface area contributed by atoms with Crippen LogP contribution in [0.2, 0.25) is 0 Å². The SMILES string of the molecule is CN1/C(=C2\SC(=Nc3ccc4[nH]ncc4c3)N(Cc3ccccc3)C2=O)Sc2ccccc21. The van der Waals surface area contributed by atoms with E-state index in [1.165, 1.54) is 11.8 Å². The molecule has 3 heterocycles. The highest BCUT2D eigenvalue weighted by molar-refractivity contribution is 8.19. The van der Waals surface area contributed by atoms with E-state index < -0.39 is 0 Å². The number of hydrogen-bond acceptors (Lipinski definition) is 6. The molecule has 2 aliphatic rings. The van der Waals surface area contributed by atoms with Crippen LogP contribution < -0.4 is 4.90 Å². The van der Waals surface area contributed by atoms with Gasteiger partial charge >= 0.3 is 0 Å². The highest BCUT2D eigenvalue weighted by Gasteiger charge is 2.39. The number of fused-ring (bicyclic) bond motifs is 2. The van der Waals surface area contributed by atoms with Crippen LogP contribution in [0.5, 0.6) is 0 Å². The van der Waals surface area contributed by atoms with Crippen molar-refractivity contribution in [1.29, 1.82) is 0 Å². The summed E-state index contributed by atoms with van der Waals surface area (Å²) in [5.41, 5.74) is 3.93. The lowest BCUT2D eigenvalue weighted by atomic mass is 10.2. The van der Waals surface area contributed by atoms with Crippen LogP contribution in [0.4, 0.5) is 11.4 Å². The third-order valence-electron chi connectivity index (χ3n) is 5.63. The molecule has 1 aromatic heterocycles. The molecule has 1 fully saturated rings. The molecule has 0 saturated carbocycles. The number of aromatic nitrogens is 2. The molecule has 3 aromatic carbocycles. The van der Waals surface area contributed by atoms with Crippen LogP contribution in [0, 0.1) is 0 Å². The summed E-state index contributed by atoms with van der Waals surface area (Å²) in [5, 5.41) is 9.66. The van der Waals surface area contributed by atoms with Gasteiger partial charge in [-0.05, 0) is 47.7 Å². The van der Waals surface area contributed by atoms with Crippen LogP contribution in [0.3, 0.4) is 0 Å². The number of aliphatic imine (C=N–C) groups is 1. The van der Waals surface area contributed by atoms with Gasteiger partial charge in [0.25, 0.3) is 5.91 Å². The van der Waals surface area contributed by atoms with Crippen LogP contribution in [0.25, 0.3) is 10.9 Å². The highest BCUT2D eigenvalue weighted by atomic mass is 32.2. The smallest absolute Gasteiger partial charge is 0.269 e. The molecule has 6 nitrogen and oxygen atoms in total. The number of para-hydroxylation sites is 1. The van der Waals surface area contributed by atoms with E-state index >= 15 is 0 Å². The van der Waals surface area contributed by atoms with Gasteiger partial charge < -0.3 is 4.90 Å². The number of thioether (sulfide) groups is 2. The molecule has 8 heteroatoms. The molecule has 1 saturated heterocycles. The number of hydrogen-bond donors (Lipinski definition) is 1. The first kappa shape index (κ1) is 20.1. The van der Waals surface area contributed by atoms with Gasteiger partial charge in [0.2, 0.25) is 0 Å². The first-order valence-corrected chi connectivity index (χ1v) is 12.1. The predicted octanol–water partition coefficient (Wildman–Crippen LogP) is 5.74. The van der Waals surface area contributed by atoms with Crippen molar-refractivity contribution in [2.24, 2.45) is 4.99 Å². The zero-order chi connectivity index (χ0) is 22.4. The lowest BCUT2D eigenvalue weighted by molar-refractivity contribution is -0.122. The van der Waals surface area contributed by atoms with E-state index in [0.717, 1.165) is 37.8 Å². The van der Waals surface area contributed by atoms with Crippen molar-refractivity contribution in [3.8, 4) is 0 Å². The van der Waals surface area contributed by atoms with E-state index in [1.54, 1.807) is 22.9 Å². The van der Waals surface area contributed by atoms with Gasteiger partial charge in [0.15, 0.2) is 5.17 Å². The Morgan fingerprint density at radius 3 is 2.67 bits per heavy atom. The molecule has 2 aliphatic heterocycles. The molecule has 0 spiro atoms. The minimum atomic E-state index is -0.0193. The number of carbonyl (C=O) groups is 1. The number of nitrogens with zero attached hydrogens (tertiary/aromatic N) is 4. The number of aromatic amines is 1. The summed E-state index contributed by atoms with van der Waals surface area (Å²) in [6, 6.07) is 24.1. The fraction of sp³-hybridized carbons (Fsp3) is 0.0800. The van der Waals surface area contributed by atoms with E-state index in [2.05, 4.69) is 27.2 Å². The summed E-state index contributed by atoms with van der Waals surface area (Å²) >= 11 is 3.07. The van der Waals surface area contributed by atoms with Crippen LogP contribution in [-0.4, -0.2) is 33.2 Å².